The Balaban J connectivity index is 1.97. The molecule has 0 amide bonds. The number of carboxylic acid groups (broad SMARTS) is 1. The molecule has 0 radical (unpaired) electrons. The number of carboxylic acids is 1. The Labute approximate surface area is 117 Å². The number of carbonyl (C=O) groups is 1. The number of hydrogen-bond acceptors (Lipinski definition) is 6. The summed E-state index contributed by atoms with van der Waals surface area (Å²) in [4.78, 5) is 15.9. The van der Waals surface area contributed by atoms with Crippen LogP contribution >= 0.6 is 23.1 Å². The van der Waals surface area contributed by atoms with Crippen molar-refractivity contribution in [2.45, 2.75) is 31.0 Å². The monoisotopic (exact) mass is 296 g/mol. The molecule has 1 aliphatic rings. The maximum absolute atomic E-state index is 10.7. The summed E-state index contributed by atoms with van der Waals surface area (Å²) in [7, 11) is 0. The molecule has 0 aliphatic heterocycles. The fraction of sp³-hybridized carbons (Fsp3) is 0.455. The molecule has 0 saturated heterocycles. The van der Waals surface area contributed by atoms with E-state index in [1.807, 2.05) is 6.92 Å². The van der Waals surface area contributed by atoms with Gasteiger partial charge in [-0.25, -0.2) is 4.98 Å². The first-order valence-electron chi connectivity index (χ1n) is 5.86. The Morgan fingerprint density at radius 2 is 2.37 bits per heavy atom. The Bertz CT molecular complexity index is 618. The third-order valence-electron chi connectivity index (χ3n) is 2.85. The SMILES string of the molecule is Cc1ncsc1-c1nnc(SCC(=O)O)n1C1CC1. The van der Waals surface area contributed by atoms with Gasteiger partial charge < -0.3 is 5.11 Å². The highest BCUT2D eigenvalue weighted by atomic mass is 32.2. The van der Waals surface area contributed by atoms with E-state index in [2.05, 4.69) is 19.7 Å². The molecule has 0 aromatic carbocycles. The summed E-state index contributed by atoms with van der Waals surface area (Å²) in [6, 6.07) is 0.405. The van der Waals surface area contributed by atoms with Crippen LogP contribution in [0.4, 0.5) is 0 Å². The first-order valence-corrected chi connectivity index (χ1v) is 7.73. The van der Waals surface area contributed by atoms with Gasteiger partial charge in [0.05, 0.1) is 21.8 Å². The summed E-state index contributed by atoms with van der Waals surface area (Å²) in [5.41, 5.74) is 2.73. The van der Waals surface area contributed by atoms with Gasteiger partial charge in [-0.15, -0.1) is 21.5 Å². The molecule has 1 aliphatic carbocycles. The summed E-state index contributed by atoms with van der Waals surface area (Å²) in [5.74, 6) is -0.0201. The Morgan fingerprint density at radius 1 is 1.58 bits per heavy atom. The molecule has 0 bridgehead atoms. The molecule has 1 fully saturated rings. The molecular formula is C11H12N4O2S2. The normalized spacial score (nSPS) is 14.8. The lowest BCUT2D eigenvalue weighted by Gasteiger charge is -2.06. The topological polar surface area (TPSA) is 80.9 Å². The molecule has 0 unspecified atom stereocenters. The average Bonchev–Trinajstić information content (AvgIpc) is 2.98. The van der Waals surface area contributed by atoms with Gasteiger partial charge in [-0.3, -0.25) is 9.36 Å². The quantitative estimate of drug-likeness (QED) is 0.852. The van der Waals surface area contributed by atoms with Crippen LogP contribution in [0.25, 0.3) is 10.7 Å². The maximum atomic E-state index is 10.7. The molecular weight excluding hydrogens is 284 g/mol. The summed E-state index contributed by atoms with van der Waals surface area (Å²) < 4.78 is 2.06. The van der Waals surface area contributed by atoms with Crippen molar-refractivity contribution in [1.29, 1.82) is 0 Å². The van der Waals surface area contributed by atoms with E-state index < -0.39 is 5.97 Å². The van der Waals surface area contributed by atoms with Gasteiger partial charge in [0.15, 0.2) is 11.0 Å². The molecule has 1 saturated carbocycles. The number of thioether (sulfide) groups is 1. The van der Waals surface area contributed by atoms with Crippen LogP contribution in [0.5, 0.6) is 0 Å². The molecule has 2 aromatic rings. The van der Waals surface area contributed by atoms with Gasteiger partial charge in [-0.05, 0) is 19.8 Å². The second-order valence-electron chi connectivity index (χ2n) is 4.36. The maximum Gasteiger partial charge on any atom is 0.313 e. The zero-order valence-electron chi connectivity index (χ0n) is 10.2. The number of thiazole rings is 1. The molecule has 8 heteroatoms. The molecule has 0 spiro atoms. The fourth-order valence-electron chi connectivity index (χ4n) is 1.83. The van der Waals surface area contributed by atoms with Gasteiger partial charge in [-0.1, -0.05) is 11.8 Å². The lowest BCUT2D eigenvalue weighted by molar-refractivity contribution is -0.133. The summed E-state index contributed by atoms with van der Waals surface area (Å²) in [5, 5.41) is 17.8. The first kappa shape index (κ1) is 12.6. The van der Waals surface area contributed by atoms with Crippen molar-refractivity contribution >= 4 is 29.1 Å². The summed E-state index contributed by atoms with van der Waals surface area (Å²) in [6.45, 7) is 1.95. The number of nitrogens with zero attached hydrogens (tertiary/aromatic N) is 4. The summed E-state index contributed by atoms with van der Waals surface area (Å²) >= 11 is 2.76. The van der Waals surface area contributed by atoms with Gasteiger partial charge >= 0.3 is 5.97 Å². The van der Waals surface area contributed by atoms with Crippen molar-refractivity contribution in [3.8, 4) is 10.7 Å². The van der Waals surface area contributed by atoms with Crippen LogP contribution in [0.2, 0.25) is 0 Å². The van der Waals surface area contributed by atoms with Crippen LogP contribution in [0.3, 0.4) is 0 Å². The van der Waals surface area contributed by atoms with Gasteiger partial charge in [0.25, 0.3) is 0 Å². The van der Waals surface area contributed by atoms with Crippen LogP contribution in [-0.2, 0) is 4.79 Å². The molecule has 2 heterocycles. The second kappa shape index (κ2) is 4.93. The Hall–Kier alpha value is -1.41. The van der Waals surface area contributed by atoms with Gasteiger partial charge in [0, 0.05) is 6.04 Å². The van der Waals surface area contributed by atoms with E-state index >= 15 is 0 Å². The number of hydrogen-bond donors (Lipinski definition) is 1. The third kappa shape index (κ3) is 2.50. The predicted molar refractivity (Wildman–Crippen MR) is 72.5 cm³/mol. The second-order valence-corrected chi connectivity index (χ2v) is 6.15. The lowest BCUT2D eigenvalue weighted by Crippen LogP contribution is -2.03. The molecule has 0 atom stereocenters. The van der Waals surface area contributed by atoms with E-state index in [1.54, 1.807) is 5.51 Å². The number of rotatable bonds is 5. The average molecular weight is 296 g/mol. The van der Waals surface area contributed by atoms with Crippen LogP contribution in [0.15, 0.2) is 10.7 Å². The van der Waals surface area contributed by atoms with E-state index in [0.717, 1.165) is 29.2 Å². The summed E-state index contributed by atoms with van der Waals surface area (Å²) in [6.07, 6.45) is 2.20. The van der Waals surface area contributed by atoms with E-state index in [1.165, 1.54) is 23.1 Å². The van der Waals surface area contributed by atoms with Crippen molar-refractivity contribution in [1.82, 2.24) is 19.7 Å². The van der Waals surface area contributed by atoms with Crippen molar-refractivity contribution in [2.24, 2.45) is 0 Å². The van der Waals surface area contributed by atoms with Crippen LogP contribution in [0, 0.1) is 6.92 Å². The van der Waals surface area contributed by atoms with Crippen molar-refractivity contribution in [3.63, 3.8) is 0 Å². The lowest BCUT2D eigenvalue weighted by atomic mass is 10.4. The molecule has 2 aromatic heterocycles. The first-order chi connectivity index (χ1) is 9.16. The highest BCUT2D eigenvalue weighted by Gasteiger charge is 2.31. The molecule has 1 N–H and O–H groups in total. The van der Waals surface area contributed by atoms with Crippen LogP contribution < -0.4 is 0 Å². The van der Waals surface area contributed by atoms with Crippen molar-refractivity contribution in [3.05, 3.63) is 11.2 Å². The number of aromatic nitrogens is 4. The molecule has 3 rings (SSSR count). The van der Waals surface area contributed by atoms with Gasteiger partial charge in [0.1, 0.15) is 0 Å². The van der Waals surface area contributed by atoms with E-state index in [0.29, 0.717) is 11.2 Å². The predicted octanol–water partition coefficient (Wildman–Crippen LogP) is 2.22. The molecule has 19 heavy (non-hydrogen) atoms. The van der Waals surface area contributed by atoms with Gasteiger partial charge in [0.2, 0.25) is 0 Å². The van der Waals surface area contributed by atoms with Crippen LogP contribution in [0.1, 0.15) is 24.6 Å². The highest BCUT2D eigenvalue weighted by Crippen LogP contribution is 2.42. The minimum absolute atomic E-state index is 0.00647. The minimum Gasteiger partial charge on any atom is -0.481 e. The minimum atomic E-state index is -0.842. The van der Waals surface area contributed by atoms with Gasteiger partial charge in [-0.2, -0.15) is 0 Å². The van der Waals surface area contributed by atoms with E-state index in [4.69, 9.17) is 5.11 Å². The molecule has 100 valence electrons. The number of aryl methyl sites for hydroxylation is 1. The Kier molecular flexibility index (Phi) is 3.28. The Morgan fingerprint density at radius 3 is 2.95 bits per heavy atom. The highest BCUT2D eigenvalue weighted by molar-refractivity contribution is 7.99. The zero-order chi connectivity index (χ0) is 13.4. The van der Waals surface area contributed by atoms with E-state index in [-0.39, 0.29) is 5.75 Å². The zero-order valence-corrected chi connectivity index (χ0v) is 11.9. The van der Waals surface area contributed by atoms with Crippen molar-refractivity contribution in [2.75, 3.05) is 5.75 Å². The van der Waals surface area contributed by atoms with E-state index in [9.17, 15) is 4.79 Å². The standard InChI is InChI=1S/C11H12N4O2S2/c1-6-9(19-5-12-6)10-13-14-11(18-4-8(16)17)15(10)7-2-3-7/h5,7H,2-4H2,1H3,(H,16,17). The number of aliphatic carboxylic acids is 1. The smallest absolute Gasteiger partial charge is 0.313 e. The van der Waals surface area contributed by atoms with Crippen molar-refractivity contribution < 1.29 is 9.90 Å². The largest absolute Gasteiger partial charge is 0.481 e. The fourth-order valence-corrected chi connectivity index (χ4v) is 3.34. The third-order valence-corrected chi connectivity index (χ3v) is 4.70. The molecule has 6 nitrogen and oxygen atoms in total. The van der Waals surface area contributed by atoms with Crippen LogP contribution in [-0.4, -0.2) is 36.6 Å².